The van der Waals surface area contributed by atoms with Gasteiger partial charge in [-0.2, -0.15) is 17.0 Å². The molecule has 2 bridgehead atoms. The standard InChI is InChI=1S/C11H23N3O3S.ClH/c1-13(7-8-17-2)18(15,16)14-6-5-10-3-4-11(9-14)12-10;/h10-12H,3-9H2,1-2H3;1H. The molecule has 0 aromatic heterocycles. The van der Waals surface area contributed by atoms with Gasteiger partial charge in [0, 0.05) is 45.9 Å². The molecule has 0 aromatic rings. The number of hydrogen-bond donors (Lipinski definition) is 1. The molecule has 8 heteroatoms. The molecule has 2 aliphatic heterocycles. The molecule has 114 valence electrons. The van der Waals surface area contributed by atoms with Gasteiger partial charge in [0.1, 0.15) is 0 Å². The molecule has 1 N–H and O–H groups in total. The van der Waals surface area contributed by atoms with E-state index in [1.807, 2.05) is 0 Å². The van der Waals surface area contributed by atoms with Gasteiger partial charge in [0.05, 0.1) is 6.61 Å². The summed E-state index contributed by atoms with van der Waals surface area (Å²) in [6.07, 6.45) is 3.17. The summed E-state index contributed by atoms with van der Waals surface area (Å²) in [5.41, 5.74) is 0. The van der Waals surface area contributed by atoms with E-state index in [9.17, 15) is 8.42 Å². The Morgan fingerprint density at radius 1 is 1.32 bits per heavy atom. The van der Waals surface area contributed by atoms with Crippen LogP contribution in [0, 0.1) is 0 Å². The van der Waals surface area contributed by atoms with Crippen molar-refractivity contribution < 1.29 is 13.2 Å². The Morgan fingerprint density at radius 2 is 2.00 bits per heavy atom. The summed E-state index contributed by atoms with van der Waals surface area (Å²) in [7, 11) is -0.139. The third-order valence-corrected chi connectivity index (χ3v) is 5.77. The van der Waals surface area contributed by atoms with Crippen LogP contribution in [-0.2, 0) is 14.9 Å². The summed E-state index contributed by atoms with van der Waals surface area (Å²) in [6, 6.07) is 0.822. The number of fused-ring (bicyclic) bond motifs is 2. The fraction of sp³-hybridized carbons (Fsp3) is 1.00. The summed E-state index contributed by atoms with van der Waals surface area (Å²) >= 11 is 0. The predicted octanol–water partition coefficient (Wildman–Crippen LogP) is 0.0575. The highest BCUT2D eigenvalue weighted by atomic mass is 35.5. The second-order valence-electron chi connectivity index (χ2n) is 5.11. The largest absolute Gasteiger partial charge is 0.383 e. The lowest BCUT2D eigenvalue weighted by Gasteiger charge is -2.28. The highest BCUT2D eigenvalue weighted by Gasteiger charge is 2.35. The molecule has 2 saturated heterocycles. The monoisotopic (exact) mass is 313 g/mol. The van der Waals surface area contributed by atoms with Crippen LogP contribution >= 0.6 is 12.4 Å². The molecule has 2 atom stereocenters. The maximum atomic E-state index is 12.4. The van der Waals surface area contributed by atoms with Gasteiger partial charge in [-0.3, -0.25) is 0 Å². The van der Waals surface area contributed by atoms with E-state index in [4.69, 9.17) is 4.74 Å². The lowest BCUT2D eigenvalue weighted by molar-refractivity contribution is 0.182. The van der Waals surface area contributed by atoms with Crippen LogP contribution in [0.5, 0.6) is 0 Å². The average molecular weight is 314 g/mol. The molecule has 2 fully saturated rings. The van der Waals surface area contributed by atoms with E-state index in [0.717, 1.165) is 12.8 Å². The molecule has 2 heterocycles. The van der Waals surface area contributed by atoms with Crippen molar-refractivity contribution in [1.82, 2.24) is 13.9 Å². The van der Waals surface area contributed by atoms with Crippen molar-refractivity contribution >= 4 is 22.6 Å². The lowest BCUT2D eigenvalue weighted by atomic mass is 10.1. The molecule has 0 aromatic carbocycles. The number of hydrogen-bond acceptors (Lipinski definition) is 4. The van der Waals surface area contributed by atoms with Crippen LogP contribution in [0.15, 0.2) is 0 Å². The number of ether oxygens (including phenoxy) is 1. The first-order valence-corrected chi connectivity index (χ1v) is 7.90. The van der Waals surface area contributed by atoms with Gasteiger partial charge in [0.25, 0.3) is 10.2 Å². The fourth-order valence-electron chi connectivity index (χ4n) is 2.65. The molecule has 0 radical (unpaired) electrons. The van der Waals surface area contributed by atoms with Crippen molar-refractivity contribution in [3.05, 3.63) is 0 Å². The molecular weight excluding hydrogens is 290 g/mol. The quantitative estimate of drug-likeness (QED) is 0.779. The van der Waals surface area contributed by atoms with E-state index in [0.29, 0.717) is 38.3 Å². The van der Waals surface area contributed by atoms with E-state index in [-0.39, 0.29) is 12.4 Å². The zero-order valence-corrected chi connectivity index (χ0v) is 13.2. The Labute approximate surface area is 122 Å². The van der Waals surface area contributed by atoms with Crippen molar-refractivity contribution in [3.63, 3.8) is 0 Å². The summed E-state index contributed by atoms with van der Waals surface area (Å²) in [5.74, 6) is 0. The zero-order chi connectivity index (χ0) is 13.2. The van der Waals surface area contributed by atoms with E-state index in [2.05, 4.69) is 5.32 Å². The van der Waals surface area contributed by atoms with Crippen molar-refractivity contribution in [3.8, 4) is 0 Å². The van der Waals surface area contributed by atoms with Gasteiger partial charge in [0.2, 0.25) is 0 Å². The van der Waals surface area contributed by atoms with Crippen molar-refractivity contribution in [2.75, 3.05) is 40.4 Å². The van der Waals surface area contributed by atoms with Crippen molar-refractivity contribution in [1.29, 1.82) is 0 Å². The smallest absolute Gasteiger partial charge is 0.281 e. The van der Waals surface area contributed by atoms with E-state index in [1.54, 1.807) is 18.5 Å². The minimum Gasteiger partial charge on any atom is -0.383 e. The minimum atomic E-state index is -3.33. The molecule has 6 nitrogen and oxygen atoms in total. The van der Waals surface area contributed by atoms with Crippen LogP contribution in [0.4, 0.5) is 0 Å². The molecule has 0 spiro atoms. The molecule has 0 aliphatic carbocycles. The highest BCUT2D eigenvalue weighted by molar-refractivity contribution is 7.86. The summed E-state index contributed by atoms with van der Waals surface area (Å²) in [6.45, 7) is 2.04. The summed E-state index contributed by atoms with van der Waals surface area (Å²) < 4.78 is 32.7. The van der Waals surface area contributed by atoms with Crippen LogP contribution in [0.3, 0.4) is 0 Å². The second-order valence-corrected chi connectivity index (χ2v) is 7.14. The number of rotatable bonds is 5. The zero-order valence-electron chi connectivity index (χ0n) is 11.5. The minimum absolute atomic E-state index is 0. The van der Waals surface area contributed by atoms with Crippen LogP contribution in [0.1, 0.15) is 19.3 Å². The topological polar surface area (TPSA) is 61.9 Å². The first-order valence-electron chi connectivity index (χ1n) is 6.50. The van der Waals surface area contributed by atoms with Gasteiger partial charge < -0.3 is 10.1 Å². The molecular formula is C11H24ClN3O3S. The van der Waals surface area contributed by atoms with Crippen LogP contribution in [-0.4, -0.2) is 69.5 Å². The Hall–Kier alpha value is 0.0800. The molecule has 19 heavy (non-hydrogen) atoms. The van der Waals surface area contributed by atoms with Gasteiger partial charge >= 0.3 is 0 Å². The Kier molecular flexibility index (Phi) is 6.49. The maximum Gasteiger partial charge on any atom is 0.281 e. The Morgan fingerprint density at radius 3 is 2.68 bits per heavy atom. The van der Waals surface area contributed by atoms with Gasteiger partial charge in [-0.15, -0.1) is 12.4 Å². The van der Waals surface area contributed by atoms with Crippen molar-refractivity contribution in [2.45, 2.75) is 31.3 Å². The van der Waals surface area contributed by atoms with Gasteiger partial charge in [-0.25, -0.2) is 0 Å². The van der Waals surface area contributed by atoms with E-state index in [1.165, 1.54) is 10.7 Å². The second kappa shape index (κ2) is 7.19. The molecule has 0 amide bonds. The number of halogens is 1. The molecule has 2 rings (SSSR count). The van der Waals surface area contributed by atoms with Crippen LogP contribution < -0.4 is 5.32 Å². The maximum absolute atomic E-state index is 12.4. The number of likely N-dealkylation sites (N-methyl/N-ethyl adjacent to an activating group) is 1. The average Bonchev–Trinajstić information content (AvgIpc) is 2.65. The van der Waals surface area contributed by atoms with Crippen LogP contribution in [0.2, 0.25) is 0 Å². The summed E-state index contributed by atoms with van der Waals surface area (Å²) in [5, 5.41) is 3.49. The fourth-order valence-corrected chi connectivity index (χ4v) is 4.06. The molecule has 2 aliphatic rings. The number of methoxy groups -OCH3 is 1. The highest BCUT2D eigenvalue weighted by Crippen LogP contribution is 2.22. The number of nitrogens with one attached hydrogen (secondary N) is 1. The first kappa shape index (κ1) is 17.1. The lowest BCUT2D eigenvalue weighted by Crippen LogP contribution is -2.46. The van der Waals surface area contributed by atoms with Gasteiger partial charge in [0.15, 0.2) is 0 Å². The first-order chi connectivity index (χ1) is 8.54. The number of nitrogens with zero attached hydrogens (tertiary/aromatic N) is 2. The molecule has 0 saturated carbocycles. The van der Waals surface area contributed by atoms with Gasteiger partial charge in [-0.05, 0) is 19.3 Å². The predicted molar refractivity (Wildman–Crippen MR) is 76.8 cm³/mol. The van der Waals surface area contributed by atoms with Gasteiger partial charge in [-0.1, -0.05) is 0 Å². The van der Waals surface area contributed by atoms with E-state index >= 15 is 0 Å². The Bertz CT molecular complexity index is 379. The Balaban J connectivity index is 0.00000180. The van der Waals surface area contributed by atoms with Crippen molar-refractivity contribution in [2.24, 2.45) is 0 Å². The SMILES string of the molecule is COCCN(C)S(=O)(=O)N1CCC2CCC(C1)N2.Cl. The van der Waals surface area contributed by atoms with E-state index < -0.39 is 10.2 Å². The van der Waals surface area contributed by atoms with Crippen LogP contribution in [0.25, 0.3) is 0 Å². The summed E-state index contributed by atoms with van der Waals surface area (Å²) in [4.78, 5) is 0. The molecule has 2 unspecified atom stereocenters. The third-order valence-electron chi connectivity index (χ3n) is 3.82. The normalized spacial score (nSPS) is 28.2. The third kappa shape index (κ3) is 4.03.